The molecule has 0 heterocycles. The molecule has 0 aliphatic heterocycles. The summed E-state index contributed by atoms with van der Waals surface area (Å²) in [5.74, 6) is -0.157. The monoisotopic (exact) mass is 285 g/mol. The molecule has 0 aromatic rings. The first-order valence-corrected chi connectivity index (χ1v) is 8.67. The van der Waals surface area contributed by atoms with E-state index in [9.17, 15) is 4.79 Å². The van der Waals surface area contributed by atoms with Crippen molar-refractivity contribution < 1.29 is 9.53 Å². The van der Waals surface area contributed by atoms with Gasteiger partial charge >= 0.3 is 5.97 Å². The van der Waals surface area contributed by atoms with E-state index in [0.29, 0.717) is 19.6 Å². The maximum atomic E-state index is 11.0. The van der Waals surface area contributed by atoms with Gasteiger partial charge < -0.3 is 10.5 Å². The highest BCUT2D eigenvalue weighted by Crippen LogP contribution is 2.11. The molecule has 0 aromatic carbocycles. The van der Waals surface area contributed by atoms with E-state index in [0.717, 1.165) is 6.42 Å². The third-order valence-electron chi connectivity index (χ3n) is 3.61. The topological polar surface area (TPSA) is 52.3 Å². The van der Waals surface area contributed by atoms with Gasteiger partial charge in [0.05, 0.1) is 13.0 Å². The number of esters is 1. The van der Waals surface area contributed by atoms with Crippen molar-refractivity contribution in [3.63, 3.8) is 0 Å². The molecule has 0 aromatic heterocycles. The van der Waals surface area contributed by atoms with E-state index in [2.05, 4.69) is 6.92 Å². The third-order valence-corrected chi connectivity index (χ3v) is 3.61. The van der Waals surface area contributed by atoms with E-state index in [1.807, 2.05) is 0 Å². The molecule has 0 rings (SSSR count). The fourth-order valence-electron chi connectivity index (χ4n) is 2.32. The number of unbranched alkanes of at least 4 members (excludes halogenated alkanes) is 11. The van der Waals surface area contributed by atoms with E-state index in [1.54, 1.807) is 0 Å². The van der Waals surface area contributed by atoms with Gasteiger partial charge in [0.1, 0.15) is 0 Å². The summed E-state index contributed by atoms with van der Waals surface area (Å²) in [5, 5.41) is 0. The standard InChI is InChI=1S/C17H35NO2/c1-2-3-4-5-6-7-8-9-10-11-12-13-16-20-17(19)14-15-18/h2-16,18H2,1H3. The number of hydrogen-bond donors (Lipinski definition) is 1. The number of ether oxygens (including phenoxy) is 1. The fraction of sp³-hybridized carbons (Fsp3) is 0.941. The molecule has 0 radical (unpaired) electrons. The molecule has 0 atom stereocenters. The smallest absolute Gasteiger partial charge is 0.307 e. The Morgan fingerprint density at radius 3 is 1.70 bits per heavy atom. The summed E-state index contributed by atoms with van der Waals surface area (Å²) < 4.78 is 5.06. The molecule has 3 heteroatoms. The second-order valence-electron chi connectivity index (χ2n) is 5.65. The van der Waals surface area contributed by atoms with Gasteiger partial charge in [-0.05, 0) is 6.42 Å². The van der Waals surface area contributed by atoms with Crippen LogP contribution in [0.2, 0.25) is 0 Å². The Balaban J connectivity index is 3.01. The molecular formula is C17H35NO2. The first-order chi connectivity index (χ1) is 9.81. The van der Waals surface area contributed by atoms with Gasteiger partial charge in [0.2, 0.25) is 0 Å². The Kier molecular flexibility index (Phi) is 16.0. The lowest BCUT2D eigenvalue weighted by atomic mass is 10.1. The molecule has 3 nitrogen and oxygen atoms in total. The summed E-state index contributed by atoms with van der Waals surface area (Å²) >= 11 is 0. The first kappa shape index (κ1) is 19.4. The normalized spacial score (nSPS) is 10.7. The van der Waals surface area contributed by atoms with Crippen molar-refractivity contribution in [3.8, 4) is 0 Å². The summed E-state index contributed by atoms with van der Waals surface area (Å²) in [7, 11) is 0. The summed E-state index contributed by atoms with van der Waals surface area (Å²) in [6.45, 7) is 3.21. The second-order valence-corrected chi connectivity index (χ2v) is 5.65. The minimum atomic E-state index is -0.157. The Morgan fingerprint density at radius 1 is 0.800 bits per heavy atom. The van der Waals surface area contributed by atoms with Gasteiger partial charge in [-0.25, -0.2) is 0 Å². The predicted octanol–water partition coefficient (Wildman–Crippen LogP) is 4.58. The van der Waals surface area contributed by atoms with Crippen LogP contribution in [0.25, 0.3) is 0 Å². The molecule has 0 spiro atoms. The van der Waals surface area contributed by atoms with E-state index in [4.69, 9.17) is 10.5 Å². The van der Waals surface area contributed by atoms with Crippen molar-refractivity contribution in [1.29, 1.82) is 0 Å². The Morgan fingerprint density at radius 2 is 1.25 bits per heavy atom. The highest BCUT2D eigenvalue weighted by Gasteiger charge is 1.99. The second kappa shape index (κ2) is 16.5. The van der Waals surface area contributed by atoms with Gasteiger partial charge in [0, 0.05) is 6.54 Å². The first-order valence-electron chi connectivity index (χ1n) is 8.67. The molecule has 0 bridgehead atoms. The number of carbonyl (C=O) groups is 1. The van der Waals surface area contributed by atoms with Gasteiger partial charge in [0.15, 0.2) is 0 Å². The highest BCUT2D eigenvalue weighted by molar-refractivity contribution is 5.69. The predicted molar refractivity (Wildman–Crippen MR) is 85.7 cm³/mol. The molecule has 0 saturated carbocycles. The summed E-state index contributed by atoms with van der Waals surface area (Å²) in [4.78, 5) is 11.0. The van der Waals surface area contributed by atoms with Crippen LogP contribution < -0.4 is 5.73 Å². The molecule has 120 valence electrons. The zero-order valence-corrected chi connectivity index (χ0v) is 13.5. The van der Waals surface area contributed by atoms with Crippen molar-refractivity contribution in [2.45, 2.75) is 90.4 Å². The van der Waals surface area contributed by atoms with Crippen LogP contribution in [0.3, 0.4) is 0 Å². The largest absolute Gasteiger partial charge is 0.466 e. The molecule has 2 N–H and O–H groups in total. The zero-order chi connectivity index (χ0) is 14.9. The maximum absolute atomic E-state index is 11.0. The SMILES string of the molecule is CCCCCCCCCCCCCCOC(=O)CCN. The summed E-state index contributed by atoms with van der Waals surface area (Å²) in [5.41, 5.74) is 5.27. The minimum absolute atomic E-state index is 0.157. The van der Waals surface area contributed by atoms with Crippen molar-refractivity contribution in [3.05, 3.63) is 0 Å². The van der Waals surface area contributed by atoms with Gasteiger partial charge in [-0.2, -0.15) is 0 Å². The van der Waals surface area contributed by atoms with Crippen molar-refractivity contribution >= 4 is 5.97 Å². The van der Waals surface area contributed by atoms with Crippen molar-refractivity contribution in [2.24, 2.45) is 5.73 Å². The van der Waals surface area contributed by atoms with Gasteiger partial charge in [0.25, 0.3) is 0 Å². The maximum Gasteiger partial charge on any atom is 0.307 e. The van der Waals surface area contributed by atoms with E-state index >= 15 is 0 Å². The van der Waals surface area contributed by atoms with E-state index in [-0.39, 0.29) is 5.97 Å². The van der Waals surface area contributed by atoms with Crippen LogP contribution >= 0.6 is 0 Å². The van der Waals surface area contributed by atoms with Crippen LogP contribution in [0.5, 0.6) is 0 Å². The lowest BCUT2D eigenvalue weighted by molar-refractivity contribution is -0.143. The lowest BCUT2D eigenvalue weighted by Crippen LogP contribution is -2.11. The quantitative estimate of drug-likeness (QED) is 0.354. The molecule has 20 heavy (non-hydrogen) atoms. The Bertz CT molecular complexity index is 207. The molecule has 0 saturated heterocycles. The van der Waals surface area contributed by atoms with Crippen molar-refractivity contribution in [2.75, 3.05) is 13.2 Å². The average Bonchev–Trinajstić information content (AvgIpc) is 2.44. The Labute approximate surface area is 125 Å². The van der Waals surface area contributed by atoms with Crippen LogP contribution in [0, 0.1) is 0 Å². The number of nitrogens with two attached hydrogens (primary N) is 1. The van der Waals surface area contributed by atoms with Crippen molar-refractivity contribution in [1.82, 2.24) is 0 Å². The molecule has 0 fully saturated rings. The zero-order valence-electron chi connectivity index (χ0n) is 13.5. The average molecular weight is 285 g/mol. The van der Waals surface area contributed by atoms with Gasteiger partial charge in [-0.1, -0.05) is 77.6 Å². The Hall–Kier alpha value is -0.570. The molecule has 0 aliphatic rings. The van der Waals surface area contributed by atoms with E-state index in [1.165, 1.54) is 70.6 Å². The minimum Gasteiger partial charge on any atom is -0.466 e. The molecule has 0 amide bonds. The third kappa shape index (κ3) is 15.5. The fourth-order valence-corrected chi connectivity index (χ4v) is 2.32. The molecule has 0 unspecified atom stereocenters. The number of hydrogen-bond acceptors (Lipinski definition) is 3. The summed E-state index contributed by atoms with van der Waals surface area (Å²) in [6, 6.07) is 0. The van der Waals surface area contributed by atoms with Crippen LogP contribution in [0.4, 0.5) is 0 Å². The van der Waals surface area contributed by atoms with E-state index < -0.39 is 0 Å². The number of rotatable bonds is 15. The highest BCUT2D eigenvalue weighted by atomic mass is 16.5. The van der Waals surface area contributed by atoms with Crippen LogP contribution in [-0.2, 0) is 9.53 Å². The number of carbonyl (C=O) groups excluding carboxylic acids is 1. The van der Waals surface area contributed by atoms with Crippen LogP contribution in [0.1, 0.15) is 90.4 Å². The van der Waals surface area contributed by atoms with Gasteiger partial charge in [-0.15, -0.1) is 0 Å². The molecular weight excluding hydrogens is 250 g/mol. The van der Waals surface area contributed by atoms with Gasteiger partial charge in [-0.3, -0.25) is 4.79 Å². The molecule has 0 aliphatic carbocycles. The van der Waals surface area contributed by atoms with Crippen LogP contribution in [0.15, 0.2) is 0 Å². The summed E-state index contributed by atoms with van der Waals surface area (Å²) in [6.07, 6.45) is 16.2. The van der Waals surface area contributed by atoms with Crippen LogP contribution in [-0.4, -0.2) is 19.1 Å². The lowest BCUT2D eigenvalue weighted by Gasteiger charge is -2.04.